The van der Waals surface area contributed by atoms with Gasteiger partial charge in [-0.25, -0.2) is 9.59 Å². The molecule has 1 aliphatic rings. The van der Waals surface area contributed by atoms with Crippen LogP contribution in [-0.4, -0.2) is 29.8 Å². The molecular formula is C12H10N2O4. The van der Waals surface area contributed by atoms with Gasteiger partial charge in [-0.3, -0.25) is 4.90 Å². The smallest absolute Gasteiger partial charge is 0.415 e. The van der Waals surface area contributed by atoms with Crippen LogP contribution in [0.3, 0.4) is 0 Å². The molecule has 0 spiro atoms. The zero-order valence-corrected chi connectivity index (χ0v) is 9.37. The van der Waals surface area contributed by atoms with Gasteiger partial charge in [0, 0.05) is 18.7 Å². The third-order valence-corrected chi connectivity index (χ3v) is 2.64. The lowest BCUT2D eigenvalue weighted by atomic mass is 10.1. The van der Waals surface area contributed by atoms with E-state index in [0.717, 1.165) is 0 Å². The summed E-state index contributed by atoms with van der Waals surface area (Å²) in [4.78, 5) is 23.7. The van der Waals surface area contributed by atoms with Crippen LogP contribution < -0.4 is 4.90 Å². The van der Waals surface area contributed by atoms with E-state index in [9.17, 15) is 9.59 Å². The maximum absolute atomic E-state index is 11.7. The van der Waals surface area contributed by atoms with Gasteiger partial charge in [0.05, 0.1) is 11.6 Å². The van der Waals surface area contributed by atoms with Crippen LogP contribution in [0, 0.1) is 11.3 Å². The van der Waals surface area contributed by atoms with Crippen LogP contribution >= 0.6 is 0 Å². The Bertz CT molecular complexity index is 535. The molecule has 92 valence electrons. The van der Waals surface area contributed by atoms with E-state index in [1.807, 2.05) is 6.07 Å². The summed E-state index contributed by atoms with van der Waals surface area (Å²) in [5.74, 6) is -1.14. The Balaban J connectivity index is 2.18. The second-order valence-electron chi connectivity index (χ2n) is 3.81. The molecule has 0 bridgehead atoms. The second-order valence-corrected chi connectivity index (χ2v) is 3.81. The van der Waals surface area contributed by atoms with Crippen molar-refractivity contribution in [1.82, 2.24) is 0 Å². The third-order valence-electron chi connectivity index (χ3n) is 2.64. The fourth-order valence-corrected chi connectivity index (χ4v) is 1.73. The van der Waals surface area contributed by atoms with Gasteiger partial charge in [-0.1, -0.05) is 6.07 Å². The first-order valence-corrected chi connectivity index (χ1v) is 5.33. The molecule has 1 aromatic rings. The molecule has 2 rings (SSSR count). The maximum Gasteiger partial charge on any atom is 0.415 e. The number of aliphatic carboxylic acids is 1. The Morgan fingerprint density at radius 1 is 1.56 bits per heavy atom. The van der Waals surface area contributed by atoms with Crippen molar-refractivity contribution in [2.24, 2.45) is 0 Å². The van der Waals surface area contributed by atoms with Crippen molar-refractivity contribution in [2.45, 2.75) is 12.5 Å². The van der Waals surface area contributed by atoms with Gasteiger partial charge in [0.2, 0.25) is 6.10 Å². The summed E-state index contributed by atoms with van der Waals surface area (Å²) in [5, 5.41) is 17.5. The molecule has 0 saturated carbocycles. The number of cyclic esters (lactones) is 1. The molecule has 6 heteroatoms. The zero-order chi connectivity index (χ0) is 13.1. The van der Waals surface area contributed by atoms with Crippen LogP contribution in [-0.2, 0) is 9.53 Å². The highest BCUT2D eigenvalue weighted by Crippen LogP contribution is 2.22. The number of nitrogens with zero attached hydrogens (tertiary/aromatic N) is 2. The summed E-state index contributed by atoms with van der Waals surface area (Å²) in [7, 11) is 0. The van der Waals surface area contributed by atoms with E-state index in [1.54, 1.807) is 24.3 Å². The fraction of sp³-hybridized carbons (Fsp3) is 0.250. The predicted molar refractivity (Wildman–Crippen MR) is 61.0 cm³/mol. The Kier molecular flexibility index (Phi) is 3.15. The maximum atomic E-state index is 11.7. The lowest BCUT2D eigenvalue weighted by Gasteiger charge is -2.29. The van der Waals surface area contributed by atoms with Gasteiger partial charge in [-0.05, 0) is 18.2 Å². The predicted octanol–water partition coefficient (Wildman–Crippen LogP) is 1.36. The van der Waals surface area contributed by atoms with Crippen molar-refractivity contribution in [3.05, 3.63) is 29.8 Å². The fourth-order valence-electron chi connectivity index (χ4n) is 1.73. The van der Waals surface area contributed by atoms with Gasteiger partial charge in [0.25, 0.3) is 0 Å². The van der Waals surface area contributed by atoms with Gasteiger partial charge in [0.15, 0.2) is 0 Å². The van der Waals surface area contributed by atoms with Gasteiger partial charge >= 0.3 is 12.1 Å². The molecule has 1 atom stereocenters. The van der Waals surface area contributed by atoms with Crippen LogP contribution in [0.25, 0.3) is 0 Å². The highest BCUT2D eigenvalue weighted by Gasteiger charge is 2.32. The SMILES string of the molecule is N#Cc1cccc(N2CCC(C(=O)O)OC2=O)c1. The number of carbonyl (C=O) groups is 2. The highest BCUT2D eigenvalue weighted by atomic mass is 16.6. The first-order chi connectivity index (χ1) is 8.61. The van der Waals surface area contributed by atoms with Crippen LogP contribution in [0.15, 0.2) is 24.3 Å². The van der Waals surface area contributed by atoms with E-state index < -0.39 is 18.2 Å². The zero-order valence-electron chi connectivity index (χ0n) is 9.37. The summed E-state index contributed by atoms with van der Waals surface area (Å²) >= 11 is 0. The molecule has 0 aromatic heterocycles. The topological polar surface area (TPSA) is 90.6 Å². The lowest BCUT2D eigenvalue weighted by molar-refractivity contribution is -0.147. The normalized spacial score (nSPS) is 18.9. The Morgan fingerprint density at radius 2 is 2.33 bits per heavy atom. The van der Waals surface area contributed by atoms with Crippen molar-refractivity contribution in [1.29, 1.82) is 5.26 Å². The average molecular weight is 246 g/mol. The highest BCUT2D eigenvalue weighted by molar-refractivity contribution is 5.91. The summed E-state index contributed by atoms with van der Waals surface area (Å²) in [6.45, 7) is 0.255. The summed E-state index contributed by atoms with van der Waals surface area (Å²) in [6.07, 6.45) is -1.57. The van der Waals surface area contributed by atoms with Crippen LogP contribution in [0.5, 0.6) is 0 Å². The van der Waals surface area contributed by atoms with Gasteiger partial charge < -0.3 is 9.84 Å². The average Bonchev–Trinajstić information content (AvgIpc) is 2.38. The second kappa shape index (κ2) is 4.75. The van der Waals surface area contributed by atoms with E-state index in [4.69, 9.17) is 15.1 Å². The Hall–Kier alpha value is -2.55. The standard InChI is InChI=1S/C12H10N2O4/c13-7-8-2-1-3-9(6-8)14-5-4-10(11(15)16)18-12(14)17/h1-3,6,10H,4-5H2,(H,15,16). The minimum Gasteiger partial charge on any atom is -0.479 e. The largest absolute Gasteiger partial charge is 0.479 e. The van der Waals surface area contributed by atoms with Crippen molar-refractivity contribution >= 4 is 17.7 Å². The minimum atomic E-state index is -1.14. The molecule has 0 radical (unpaired) electrons. The molecule has 1 aliphatic heterocycles. The summed E-state index contributed by atoms with van der Waals surface area (Å²) < 4.78 is 4.79. The first-order valence-electron chi connectivity index (χ1n) is 5.33. The molecule has 6 nitrogen and oxygen atoms in total. The van der Waals surface area contributed by atoms with E-state index in [1.165, 1.54) is 4.90 Å². The number of anilines is 1. The number of ether oxygens (including phenoxy) is 1. The van der Waals surface area contributed by atoms with E-state index in [0.29, 0.717) is 11.3 Å². The van der Waals surface area contributed by atoms with Crippen LogP contribution in [0.1, 0.15) is 12.0 Å². The van der Waals surface area contributed by atoms with Crippen molar-refractivity contribution < 1.29 is 19.4 Å². The number of hydrogen-bond donors (Lipinski definition) is 1. The molecule has 1 fully saturated rings. The van der Waals surface area contributed by atoms with Gasteiger partial charge in [-0.15, -0.1) is 0 Å². The van der Waals surface area contributed by atoms with E-state index in [-0.39, 0.29) is 13.0 Å². The minimum absolute atomic E-state index is 0.220. The number of benzene rings is 1. The molecule has 18 heavy (non-hydrogen) atoms. The van der Waals surface area contributed by atoms with Crippen molar-refractivity contribution in [3.63, 3.8) is 0 Å². The van der Waals surface area contributed by atoms with Crippen LogP contribution in [0.4, 0.5) is 10.5 Å². The molecule has 1 saturated heterocycles. The Labute approximate surface area is 103 Å². The quantitative estimate of drug-likeness (QED) is 0.850. The number of rotatable bonds is 2. The first kappa shape index (κ1) is 11.9. The number of amides is 1. The lowest BCUT2D eigenvalue weighted by Crippen LogP contribution is -2.45. The summed E-state index contributed by atoms with van der Waals surface area (Å²) in [6, 6.07) is 8.48. The number of nitriles is 1. The number of hydrogen-bond acceptors (Lipinski definition) is 4. The Morgan fingerprint density at radius 3 is 2.94 bits per heavy atom. The third kappa shape index (κ3) is 2.25. The molecule has 1 N–H and O–H groups in total. The molecule has 1 unspecified atom stereocenters. The summed E-state index contributed by atoms with van der Waals surface area (Å²) in [5.41, 5.74) is 0.962. The van der Waals surface area contributed by atoms with Crippen molar-refractivity contribution in [3.8, 4) is 6.07 Å². The van der Waals surface area contributed by atoms with E-state index >= 15 is 0 Å². The molecule has 1 heterocycles. The van der Waals surface area contributed by atoms with Crippen LogP contribution in [0.2, 0.25) is 0 Å². The molecule has 1 amide bonds. The number of carbonyl (C=O) groups excluding carboxylic acids is 1. The number of carboxylic acid groups (broad SMARTS) is 1. The van der Waals surface area contributed by atoms with E-state index in [2.05, 4.69) is 0 Å². The monoisotopic (exact) mass is 246 g/mol. The molecule has 1 aromatic carbocycles. The molecule has 0 aliphatic carbocycles. The number of carboxylic acids is 1. The van der Waals surface area contributed by atoms with Crippen molar-refractivity contribution in [2.75, 3.05) is 11.4 Å². The van der Waals surface area contributed by atoms with Gasteiger partial charge in [0.1, 0.15) is 0 Å². The van der Waals surface area contributed by atoms with Gasteiger partial charge in [-0.2, -0.15) is 5.26 Å². The molecular weight excluding hydrogens is 236 g/mol.